The molecule has 2 bridgehead atoms. The molecule has 2 aliphatic rings. The third kappa shape index (κ3) is 4.22. The Morgan fingerprint density at radius 2 is 1.91 bits per heavy atom. The minimum atomic E-state index is -4.49. The zero-order valence-electron chi connectivity index (χ0n) is 18.9. The maximum atomic E-state index is 13.9. The number of likely N-dealkylation sites (tertiary alicyclic amines) is 1. The summed E-state index contributed by atoms with van der Waals surface area (Å²) in [4.78, 5) is 25.0. The third-order valence-electron chi connectivity index (χ3n) is 6.58. The Kier molecular flexibility index (Phi) is 5.70. The van der Waals surface area contributed by atoms with Crippen LogP contribution < -0.4 is 4.74 Å². The van der Waals surface area contributed by atoms with Gasteiger partial charge < -0.3 is 14.7 Å². The topological polar surface area (TPSA) is 106 Å². The van der Waals surface area contributed by atoms with Gasteiger partial charge in [-0.05, 0) is 50.8 Å². The number of aryl methyl sites for hydroxylation is 1. The van der Waals surface area contributed by atoms with E-state index in [-0.39, 0.29) is 17.5 Å². The largest absolute Gasteiger partial charge is 0.472 e. The lowest BCUT2D eigenvalue weighted by molar-refractivity contribution is -0.137. The van der Waals surface area contributed by atoms with Crippen molar-refractivity contribution in [1.29, 1.82) is 0 Å². The summed E-state index contributed by atoms with van der Waals surface area (Å²) in [5, 5.41) is 18.8. The summed E-state index contributed by atoms with van der Waals surface area (Å²) in [6.45, 7) is 3.40. The van der Waals surface area contributed by atoms with Crippen LogP contribution >= 0.6 is 0 Å². The van der Waals surface area contributed by atoms with E-state index in [9.17, 15) is 23.1 Å². The number of halogens is 3. The summed E-state index contributed by atoms with van der Waals surface area (Å²) in [7, 11) is 0. The number of alkyl halides is 3. The van der Waals surface area contributed by atoms with Crippen LogP contribution in [0, 0.1) is 12.8 Å². The van der Waals surface area contributed by atoms with Crippen LogP contribution in [0.5, 0.6) is 5.88 Å². The van der Waals surface area contributed by atoms with E-state index in [0.29, 0.717) is 24.2 Å². The molecule has 3 aromatic heterocycles. The summed E-state index contributed by atoms with van der Waals surface area (Å²) < 4.78 is 44.5. The van der Waals surface area contributed by atoms with E-state index in [1.807, 2.05) is 0 Å². The first-order valence-corrected chi connectivity index (χ1v) is 11.2. The van der Waals surface area contributed by atoms with Crippen molar-refractivity contribution in [3.63, 3.8) is 0 Å². The highest BCUT2D eigenvalue weighted by Crippen LogP contribution is 2.46. The van der Waals surface area contributed by atoms with Crippen LogP contribution in [0.15, 0.2) is 42.9 Å². The highest BCUT2D eigenvalue weighted by molar-refractivity contribution is 5.96. The predicted molar refractivity (Wildman–Crippen MR) is 116 cm³/mol. The number of aliphatic hydroxyl groups excluding tert-OH is 1. The van der Waals surface area contributed by atoms with Gasteiger partial charge in [0.2, 0.25) is 5.88 Å². The molecule has 3 aromatic rings. The molecular weight excluding hydrogens is 465 g/mol. The molecule has 2 fully saturated rings. The van der Waals surface area contributed by atoms with Crippen molar-refractivity contribution in [2.75, 3.05) is 0 Å². The fourth-order valence-electron chi connectivity index (χ4n) is 5.18. The molecule has 184 valence electrons. The first kappa shape index (κ1) is 23.2. The fourth-order valence-corrected chi connectivity index (χ4v) is 5.18. The van der Waals surface area contributed by atoms with E-state index < -0.39 is 41.9 Å². The molecule has 1 unspecified atom stereocenters. The van der Waals surface area contributed by atoms with Crippen molar-refractivity contribution in [2.45, 2.75) is 57.2 Å². The van der Waals surface area contributed by atoms with E-state index in [0.717, 1.165) is 12.3 Å². The van der Waals surface area contributed by atoms with E-state index in [4.69, 9.17) is 4.74 Å². The third-order valence-corrected chi connectivity index (χ3v) is 6.58. The van der Waals surface area contributed by atoms with Crippen molar-refractivity contribution in [1.82, 2.24) is 29.9 Å². The Morgan fingerprint density at radius 3 is 2.54 bits per heavy atom. The maximum absolute atomic E-state index is 13.9. The molecule has 1 aliphatic heterocycles. The van der Waals surface area contributed by atoms with E-state index in [1.165, 1.54) is 23.3 Å². The molecule has 1 saturated carbocycles. The molecule has 1 N–H and O–H groups in total. The Morgan fingerprint density at radius 1 is 1.17 bits per heavy atom. The van der Waals surface area contributed by atoms with Gasteiger partial charge in [0, 0.05) is 18.0 Å². The van der Waals surface area contributed by atoms with Gasteiger partial charge in [-0.15, -0.1) is 4.80 Å². The van der Waals surface area contributed by atoms with Gasteiger partial charge >= 0.3 is 6.18 Å². The van der Waals surface area contributed by atoms with Crippen LogP contribution in [0.25, 0.3) is 5.69 Å². The van der Waals surface area contributed by atoms with Crippen LogP contribution in [-0.4, -0.2) is 65.2 Å². The van der Waals surface area contributed by atoms with Crippen molar-refractivity contribution >= 4 is 5.91 Å². The second kappa shape index (κ2) is 8.59. The Hall–Kier alpha value is -3.54. The van der Waals surface area contributed by atoms with Gasteiger partial charge in [-0.25, -0.2) is 9.97 Å². The number of aliphatic hydroxyl groups is 1. The molecule has 0 spiro atoms. The lowest BCUT2D eigenvalue weighted by Crippen LogP contribution is -2.55. The number of ether oxygens (including phenoxy) is 1. The monoisotopic (exact) mass is 488 g/mol. The van der Waals surface area contributed by atoms with Crippen LogP contribution in [-0.2, 0) is 6.18 Å². The molecule has 5 rings (SSSR count). The number of carbonyl (C=O) groups excluding carboxylic acids is 1. The molecule has 4 heterocycles. The minimum Gasteiger partial charge on any atom is -0.472 e. The first-order valence-electron chi connectivity index (χ1n) is 11.2. The number of hydrogen-bond acceptors (Lipinski definition) is 7. The molecule has 1 amide bonds. The number of rotatable bonds is 5. The lowest BCUT2D eigenvalue weighted by Gasteiger charge is -2.40. The number of pyridine rings is 2. The summed E-state index contributed by atoms with van der Waals surface area (Å²) in [6, 6.07) is 4.69. The summed E-state index contributed by atoms with van der Waals surface area (Å²) in [6.07, 6.45) is -0.932. The average molecular weight is 488 g/mol. The molecule has 5 atom stereocenters. The fraction of sp³-hybridized carbons (Fsp3) is 0.435. The van der Waals surface area contributed by atoms with E-state index in [1.54, 1.807) is 30.9 Å². The Labute approximate surface area is 198 Å². The lowest BCUT2D eigenvalue weighted by atomic mass is 9.93. The van der Waals surface area contributed by atoms with Crippen molar-refractivity contribution in [3.05, 3.63) is 59.8 Å². The maximum Gasteiger partial charge on any atom is 0.417 e. The molecule has 0 radical (unpaired) electrons. The molecule has 9 nitrogen and oxygen atoms in total. The summed E-state index contributed by atoms with van der Waals surface area (Å²) in [5.41, 5.74) is 0.309. The van der Waals surface area contributed by atoms with E-state index >= 15 is 0 Å². The average Bonchev–Trinajstić information content (AvgIpc) is 3.55. The Bertz CT molecular complexity index is 1220. The van der Waals surface area contributed by atoms with Crippen molar-refractivity contribution in [2.24, 2.45) is 5.92 Å². The van der Waals surface area contributed by atoms with Crippen LogP contribution in [0.4, 0.5) is 13.2 Å². The number of aromatic nitrogens is 5. The molecule has 35 heavy (non-hydrogen) atoms. The van der Waals surface area contributed by atoms with Gasteiger partial charge in [0.25, 0.3) is 5.91 Å². The highest BCUT2D eigenvalue weighted by atomic mass is 19.4. The summed E-state index contributed by atoms with van der Waals surface area (Å²) in [5.74, 6) is -0.390. The Balaban J connectivity index is 1.44. The molecule has 12 heteroatoms. The van der Waals surface area contributed by atoms with Gasteiger partial charge in [0.15, 0.2) is 5.69 Å². The van der Waals surface area contributed by atoms with Gasteiger partial charge in [-0.2, -0.15) is 23.4 Å². The van der Waals surface area contributed by atoms with E-state index in [2.05, 4.69) is 20.2 Å². The van der Waals surface area contributed by atoms with Crippen LogP contribution in [0.2, 0.25) is 0 Å². The number of carbonyl (C=O) groups is 1. The predicted octanol–water partition coefficient (Wildman–Crippen LogP) is 2.82. The minimum absolute atomic E-state index is 0.0421. The van der Waals surface area contributed by atoms with Gasteiger partial charge in [0.1, 0.15) is 11.8 Å². The number of nitrogens with zero attached hydrogens (tertiary/aromatic N) is 6. The molecule has 1 aliphatic carbocycles. The van der Waals surface area contributed by atoms with Gasteiger partial charge in [0.05, 0.1) is 36.1 Å². The molecule has 1 saturated heterocycles. The van der Waals surface area contributed by atoms with Crippen LogP contribution in [0.1, 0.15) is 41.5 Å². The van der Waals surface area contributed by atoms with Crippen LogP contribution in [0.3, 0.4) is 0 Å². The molecular formula is C23H23F3N6O3. The second-order valence-electron chi connectivity index (χ2n) is 8.92. The second-order valence-corrected chi connectivity index (χ2v) is 8.92. The smallest absolute Gasteiger partial charge is 0.417 e. The van der Waals surface area contributed by atoms with Gasteiger partial charge in [-0.1, -0.05) is 0 Å². The first-order chi connectivity index (χ1) is 16.6. The normalized spacial score (nSPS) is 24.6. The summed E-state index contributed by atoms with van der Waals surface area (Å²) >= 11 is 0. The zero-order chi connectivity index (χ0) is 24.9. The van der Waals surface area contributed by atoms with Crippen molar-refractivity contribution < 1.29 is 27.8 Å². The number of fused-ring (bicyclic) bond motifs is 2. The van der Waals surface area contributed by atoms with Gasteiger partial charge in [-0.3, -0.25) is 4.79 Å². The highest BCUT2D eigenvalue weighted by Gasteiger charge is 2.56. The number of piperidine rings is 1. The molecule has 0 aromatic carbocycles. The number of amides is 1. The SMILES string of the molecule is Cc1ccc(-n2nccn2)c(C(=O)N2[C@H](C(C)O)[C@H]3C[C@@H](Oc4ccc(C(F)(F)F)cn4)[C@@H]2C3)n1. The zero-order valence-corrected chi connectivity index (χ0v) is 18.9. The standard InChI is InChI=1S/C23H23F3N6O3/c1-12-3-5-16(32-28-7-8-29-32)20(30-12)22(34)31-17-9-14(21(31)13(2)33)10-18(17)35-19-6-4-15(11-27-19)23(24,25)26/h3-8,11,13-14,17-18,21,33H,9-10H2,1-2H3/t13?,14-,17+,18-,21-/m1/s1. The van der Waals surface area contributed by atoms with Crippen molar-refractivity contribution in [3.8, 4) is 11.6 Å². The quantitative estimate of drug-likeness (QED) is 0.589. The number of hydrogen-bond donors (Lipinski definition) is 1.